The first kappa shape index (κ1) is 12.8. The first-order valence-electron chi connectivity index (χ1n) is 6.81. The lowest BCUT2D eigenvalue weighted by molar-refractivity contribution is -0.130. The number of likely N-dealkylation sites (tertiary alicyclic amines) is 1. The average molecular weight is 275 g/mol. The molecule has 1 fully saturated rings. The van der Waals surface area contributed by atoms with E-state index in [0.29, 0.717) is 30.2 Å². The molecule has 0 aliphatic carbocycles. The minimum atomic E-state index is 0.183. The van der Waals surface area contributed by atoms with E-state index in [2.05, 4.69) is 15.3 Å². The summed E-state index contributed by atoms with van der Waals surface area (Å²) in [5, 5.41) is 12.4. The monoisotopic (exact) mass is 275 g/mol. The molecule has 0 bridgehead atoms. The molecule has 106 valence electrons. The number of amides is 1. The zero-order valence-electron chi connectivity index (χ0n) is 11.4. The van der Waals surface area contributed by atoms with Crippen molar-refractivity contribution in [3.05, 3.63) is 18.0 Å². The highest BCUT2D eigenvalue weighted by molar-refractivity contribution is 5.76. The largest absolute Gasteiger partial charge is 0.480 e. The van der Waals surface area contributed by atoms with Crippen LogP contribution in [0.25, 0.3) is 5.65 Å². The van der Waals surface area contributed by atoms with E-state index < -0.39 is 0 Å². The molecule has 7 heteroatoms. The normalized spacial score (nSPS) is 14.9. The van der Waals surface area contributed by atoms with Gasteiger partial charge >= 0.3 is 0 Å². The van der Waals surface area contributed by atoms with Gasteiger partial charge in [-0.25, -0.2) is 0 Å². The van der Waals surface area contributed by atoms with Crippen molar-refractivity contribution in [1.29, 1.82) is 0 Å². The van der Waals surface area contributed by atoms with Gasteiger partial charge < -0.3 is 9.64 Å². The highest BCUT2D eigenvalue weighted by atomic mass is 16.5. The molecular formula is C13H17N5O2. The van der Waals surface area contributed by atoms with Crippen molar-refractivity contribution in [2.75, 3.05) is 20.2 Å². The molecule has 0 saturated carbocycles. The number of carbonyl (C=O) groups is 1. The Morgan fingerprint density at radius 3 is 2.85 bits per heavy atom. The van der Waals surface area contributed by atoms with Gasteiger partial charge in [0.15, 0.2) is 11.5 Å². The van der Waals surface area contributed by atoms with E-state index in [1.165, 1.54) is 0 Å². The van der Waals surface area contributed by atoms with Crippen molar-refractivity contribution in [3.8, 4) is 5.88 Å². The van der Waals surface area contributed by atoms with E-state index in [9.17, 15) is 4.79 Å². The van der Waals surface area contributed by atoms with Crippen LogP contribution in [0.2, 0.25) is 0 Å². The molecule has 2 aromatic heterocycles. The van der Waals surface area contributed by atoms with Crippen molar-refractivity contribution >= 4 is 11.6 Å². The topological polar surface area (TPSA) is 72.6 Å². The Balaban J connectivity index is 1.72. The number of carbonyl (C=O) groups excluding carboxylic acids is 1. The quantitative estimate of drug-likeness (QED) is 0.820. The summed E-state index contributed by atoms with van der Waals surface area (Å²) < 4.78 is 6.73. The number of fused-ring (bicyclic) bond motifs is 1. The number of hydrogen-bond acceptors (Lipinski definition) is 5. The fourth-order valence-electron chi connectivity index (χ4n) is 2.42. The molecule has 1 aliphatic heterocycles. The number of nitrogens with zero attached hydrogens (tertiary/aromatic N) is 5. The lowest BCUT2D eigenvalue weighted by atomic mass is 10.2. The van der Waals surface area contributed by atoms with Crippen LogP contribution in [0.4, 0.5) is 0 Å². The summed E-state index contributed by atoms with van der Waals surface area (Å²) in [5.41, 5.74) is 0.662. The van der Waals surface area contributed by atoms with Crippen molar-refractivity contribution in [2.24, 2.45) is 0 Å². The molecule has 2 aromatic rings. The minimum absolute atomic E-state index is 0.183. The Morgan fingerprint density at radius 1 is 1.30 bits per heavy atom. The van der Waals surface area contributed by atoms with Crippen LogP contribution in [0, 0.1) is 0 Å². The second kappa shape index (κ2) is 5.44. The van der Waals surface area contributed by atoms with Crippen LogP contribution in [0.5, 0.6) is 5.88 Å². The molecule has 7 nitrogen and oxygen atoms in total. The highest BCUT2D eigenvalue weighted by Crippen LogP contribution is 2.12. The van der Waals surface area contributed by atoms with Gasteiger partial charge in [0.25, 0.3) is 0 Å². The average Bonchev–Trinajstić information content (AvgIpc) is 3.13. The van der Waals surface area contributed by atoms with Crippen LogP contribution in [-0.2, 0) is 11.2 Å². The molecule has 3 rings (SSSR count). The predicted molar refractivity (Wildman–Crippen MR) is 71.5 cm³/mol. The number of aromatic nitrogens is 4. The van der Waals surface area contributed by atoms with E-state index in [0.717, 1.165) is 25.9 Å². The van der Waals surface area contributed by atoms with Crippen molar-refractivity contribution in [2.45, 2.75) is 25.7 Å². The Kier molecular flexibility index (Phi) is 3.49. The molecule has 0 N–H and O–H groups in total. The standard InChI is InChI=1S/C13H17N5O2/c1-20-12-6-4-10-14-15-11(18(10)16-12)5-7-13(19)17-8-2-3-9-17/h4,6H,2-3,5,7-9H2,1H3. The molecular weight excluding hydrogens is 258 g/mol. The van der Waals surface area contributed by atoms with Gasteiger partial charge in [-0.1, -0.05) is 0 Å². The molecule has 0 atom stereocenters. The number of ether oxygens (including phenoxy) is 1. The summed E-state index contributed by atoms with van der Waals surface area (Å²) >= 11 is 0. The fourth-order valence-corrected chi connectivity index (χ4v) is 2.42. The van der Waals surface area contributed by atoms with E-state index in [-0.39, 0.29) is 5.91 Å². The summed E-state index contributed by atoms with van der Waals surface area (Å²) in [6, 6.07) is 3.54. The Hall–Kier alpha value is -2.18. The number of aryl methyl sites for hydroxylation is 1. The van der Waals surface area contributed by atoms with Gasteiger partial charge in [-0.3, -0.25) is 4.79 Å². The van der Waals surface area contributed by atoms with E-state index in [1.807, 2.05) is 4.90 Å². The molecule has 1 aliphatic rings. The lowest BCUT2D eigenvalue weighted by Gasteiger charge is -2.14. The molecule has 0 spiro atoms. The smallest absolute Gasteiger partial charge is 0.231 e. The molecule has 1 amide bonds. The van der Waals surface area contributed by atoms with Gasteiger partial charge in [-0.05, 0) is 18.9 Å². The second-order valence-electron chi connectivity index (χ2n) is 4.85. The number of methoxy groups -OCH3 is 1. The van der Waals surface area contributed by atoms with Crippen molar-refractivity contribution < 1.29 is 9.53 Å². The van der Waals surface area contributed by atoms with Crippen molar-refractivity contribution in [1.82, 2.24) is 24.7 Å². The Labute approximate surface area is 116 Å². The Morgan fingerprint density at radius 2 is 2.10 bits per heavy atom. The first-order valence-corrected chi connectivity index (χ1v) is 6.81. The molecule has 3 heterocycles. The van der Waals surface area contributed by atoms with Gasteiger partial charge in [0.1, 0.15) is 0 Å². The summed E-state index contributed by atoms with van der Waals surface area (Å²) in [4.78, 5) is 13.9. The van der Waals surface area contributed by atoms with E-state index >= 15 is 0 Å². The maximum Gasteiger partial charge on any atom is 0.231 e. The molecule has 0 unspecified atom stereocenters. The fraction of sp³-hybridized carbons (Fsp3) is 0.538. The van der Waals surface area contributed by atoms with Gasteiger partial charge in [-0.15, -0.1) is 15.3 Å². The van der Waals surface area contributed by atoms with E-state index in [4.69, 9.17) is 4.74 Å². The van der Waals surface area contributed by atoms with Crippen LogP contribution < -0.4 is 4.74 Å². The Bertz CT molecular complexity index is 618. The third-order valence-electron chi connectivity index (χ3n) is 3.53. The first-order chi connectivity index (χ1) is 9.78. The van der Waals surface area contributed by atoms with Crippen LogP contribution in [-0.4, -0.2) is 50.8 Å². The zero-order valence-corrected chi connectivity index (χ0v) is 11.4. The minimum Gasteiger partial charge on any atom is -0.480 e. The summed E-state index contributed by atoms with van der Waals surface area (Å²) in [6.45, 7) is 1.76. The molecule has 0 aromatic carbocycles. The molecule has 1 saturated heterocycles. The zero-order chi connectivity index (χ0) is 13.9. The van der Waals surface area contributed by atoms with Crippen LogP contribution in [0.3, 0.4) is 0 Å². The molecule has 0 radical (unpaired) electrons. The summed E-state index contributed by atoms with van der Waals surface area (Å²) in [5.74, 6) is 1.37. The van der Waals surface area contributed by atoms with Crippen LogP contribution >= 0.6 is 0 Å². The third kappa shape index (κ3) is 2.43. The lowest BCUT2D eigenvalue weighted by Crippen LogP contribution is -2.27. The molecule has 20 heavy (non-hydrogen) atoms. The number of rotatable bonds is 4. The maximum absolute atomic E-state index is 12.0. The number of hydrogen-bond donors (Lipinski definition) is 0. The van der Waals surface area contributed by atoms with E-state index in [1.54, 1.807) is 23.8 Å². The van der Waals surface area contributed by atoms with Gasteiger partial charge in [0.2, 0.25) is 11.8 Å². The SMILES string of the molecule is COc1ccc2nnc(CCC(=O)N3CCCC3)n2n1. The van der Waals surface area contributed by atoms with Gasteiger partial charge in [-0.2, -0.15) is 4.52 Å². The summed E-state index contributed by atoms with van der Waals surface area (Å²) in [6.07, 6.45) is 3.20. The third-order valence-corrected chi connectivity index (χ3v) is 3.53. The van der Waals surface area contributed by atoms with Crippen LogP contribution in [0.15, 0.2) is 12.1 Å². The second-order valence-corrected chi connectivity index (χ2v) is 4.85. The van der Waals surface area contributed by atoms with Gasteiger partial charge in [0, 0.05) is 32.0 Å². The highest BCUT2D eigenvalue weighted by Gasteiger charge is 2.18. The summed E-state index contributed by atoms with van der Waals surface area (Å²) in [7, 11) is 1.56. The van der Waals surface area contributed by atoms with Gasteiger partial charge in [0.05, 0.1) is 7.11 Å². The van der Waals surface area contributed by atoms with Crippen molar-refractivity contribution in [3.63, 3.8) is 0 Å². The van der Waals surface area contributed by atoms with Crippen LogP contribution in [0.1, 0.15) is 25.1 Å². The predicted octanol–water partition coefficient (Wildman–Crippen LogP) is 0.688. The maximum atomic E-state index is 12.0.